The van der Waals surface area contributed by atoms with E-state index < -0.39 is 35.0 Å². The van der Waals surface area contributed by atoms with Crippen LogP contribution in [0.2, 0.25) is 0 Å². The van der Waals surface area contributed by atoms with Crippen LogP contribution in [-0.4, -0.2) is 41.6 Å². The van der Waals surface area contributed by atoms with Crippen molar-refractivity contribution < 1.29 is 33.5 Å². The third-order valence-electron chi connectivity index (χ3n) is 2.73. The molecule has 116 valence electrons. The maximum atomic E-state index is 12.0. The summed E-state index contributed by atoms with van der Waals surface area (Å²) in [4.78, 5) is 44.5. The summed E-state index contributed by atoms with van der Waals surface area (Å²) in [5.41, 5.74) is -0.231. The van der Waals surface area contributed by atoms with Gasteiger partial charge in [0, 0.05) is 24.6 Å². The average Bonchev–Trinajstić information content (AvgIpc) is 2.93. The highest BCUT2D eigenvalue weighted by Gasteiger charge is 2.37. The van der Waals surface area contributed by atoms with Crippen LogP contribution in [-0.2, 0) is 23.8 Å². The number of hydrogen-bond donors (Lipinski definition) is 0. The van der Waals surface area contributed by atoms with E-state index in [-0.39, 0.29) is 17.9 Å². The Morgan fingerprint density at radius 2 is 1.91 bits per heavy atom. The Balaban J connectivity index is 2.02. The van der Waals surface area contributed by atoms with Gasteiger partial charge in [0.05, 0.1) is 4.92 Å². The molecular weight excluding hydrogens is 298 g/mol. The first-order valence-electron chi connectivity index (χ1n) is 6.16. The number of esters is 1. The van der Waals surface area contributed by atoms with E-state index in [0.717, 1.165) is 24.3 Å². The largest absolute Gasteiger partial charge is 0.433 e. The molecule has 0 spiro atoms. The maximum Gasteiger partial charge on any atom is 0.305 e. The van der Waals surface area contributed by atoms with Crippen molar-refractivity contribution in [3.63, 3.8) is 0 Å². The molecule has 2 atom stereocenters. The van der Waals surface area contributed by atoms with Crippen LogP contribution < -0.4 is 0 Å². The van der Waals surface area contributed by atoms with E-state index in [0.29, 0.717) is 0 Å². The van der Waals surface area contributed by atoms with Gasteiger partial charge in [0.25, 0.3) is 11.5 Å². The zero-order valence-electron chi connectivity index (χ0n) is 11.4. The number of hydrogen-bond acceptors (Lipinski definition) is 8. The van der Waals surface area contributed by atoms with Crippen LogP contribution in [0.25, 0.3) is 0 Å². The predicted molar refractivity (Wildman–Crippen MR) is 68.8 cm³/mol. The van der Waals surface area contributed by atoms with Crippen LogP contribution in [0, 0.1) is 10.1 Å². The summed E-state index contributed by atoms with van der Waals surface area (Å²) in [5.74, 6) is -2.50. The number of nitro groups is 1. The molecule has 0 bridgehead atoms. The molecule has 1 aromatic rings. The Hall–Kier alpha value is -2.65. The van der Waals surface area contributed by atoms with Crippen LogP contribution in [0.15, 0.2) is 24.3 Å². The van der Waals surface area contributed by atoms with E-state index in [4.69, 9.17) is 14.2 Å². The molecule has 1 fully saturated rings. The lowest BCUT2D eigenvalue weighted by molar-refractivity contribution is -0.384. The van der Waals surface area contributed by atoms with Crippen LogP contribution in [0.4, 0.5) is 5.69 Å². The highest BCUT2D eigenvalue weighted by molar-refractivity contribution is 6.44. The summed E-state index contributed by atoms with van der Waals surface area (Å²) < 4.78 is 14.6. The van der Waals surface area contributed by atoms with Crippen molar-refractivity contribution in [2.75, 3.05) is 6.61 Å². The molecule has 9 nitrogen and oxygen atoms in total. The lowest BCUT2D eigenvalue weighted by Gasteiger charge is -2.09. The molecule has 0 radical (unpaired) electrons. The zero-order valence-corrected chi connectivity index (χ0v) is 11.4. The van der Waals surface area contributed by atoms with Crippen LogP contribution in [0.5, 0.6) is 0 Å². The molecule has 1 aliphatic heterocycles. The van der Waals surface area contributed by atoms with E-state index in [1.165, 1.54) is 6.92 Å². The first kappa shape index (κ1) is 15.7. The Bertz CT molecular complexity index is 623. The number of non-ortho nitro benzene ring substituents is 1. The lowest BCUT2D eigenvalue weighted by Crippen LogP contribution is -2.30. The molecule has 2 rings (SSSR count). The minimum Gasteiger partial charge on any atom is -0.433 e. The van der Waals surface area contributed by atoms with Crippen molar-refractivity contribution in [3.8, 4) is 0 Å². The fraction of sp³-hybridized carbons (Fsp3) is 0.308. The summed E-state index contributed by atoms with van der Waals surface area (Å²) in [6.45, 7) is 1.00. The molecule has 9 heteroatoms. The van der Waals surface area contributed by atoms with Crippen molar-refractivity contribution in [2.24, 2.45) is 0 Å². The minimum atomic E-state index is -1.47. The Morgan fingerprint density at radius 1 is 1.27 bits per heavy atom. The molecule has 0 saturated carbocycles. The van der Waals surface area contributed by atoms with Gasteiger partial charge < -0.3 is 14.2 Å². The number of Topliss-reactive ketones (excluding diaryl/α,β-unsaturated/α-hetero) is 2. The highest BCUT2D eigenvalue weighted by Crippen LogP contribution is 2.17. The van der Waals surface area contributed by atoms with Gasteiger partial charge in [-0.1, -0.05) is 0 Å². The number of carbonyl (C=O) groups is 3. The Morgan fingerprint density at radius 3 is 2.45 bits per heavy atom. The monoisotopic (exact) mass is 309 g/mol. The molecule has 1 aliphatic rings. The topological polar surface area (TPSA) is 122 Å². The Kier molecular flexibility index (Phi) is 4.59. The van der Waals surface area contributed by atoms with E-state index in [9.17, 15) is 24.5 Å². The van der Waals surface area contributed by atoms with Gasteiger partial charge in [-0.05, 0) is 12.1 Å². The summed E-state index contributed by atoms with van der Waals surface area (Å²) in [5, 5.41) is 10.5. The number of ether oxygens (including phenoxy) is 3. The van der Waals surface area contributed by atoms with Gasteiger partial charge in [-0.15, -0.1) is 0 Å². The SMILES string of the molecule is CC(=O)OC1COC(C(=O)C(=O)c2ccc([N+](=O)[O-])cc2)O1. The second-order valence-electron chi connectivity index (χ2n) is 4.34. The minimum absolute atomic E-state index is 0.0289. The second-order valence-corrected chi connectivity index (χ2v) is 4.34. The van der Waals surface area contributed by atoms with Crippen LogP contribution >= 0.6 is 0 Å². The molecule has 1 heterocycles. The quantitative estimate of drug-likeness (QED) is 0.255. The summed E-state index contributed by atoms with van der Waals surface area (Å²) in [6, 6.07) is 4.55. The van der Waals surface area contributed by atoms with Gasteiger partial charge in [-0.2, -0.15) is 0 Å². The van der Waals surface area contributed by atoms with Crippen molar-refractivity contribution in [3.05, 3.63) is 39.9 Å². The van der Waals surface area contributed by atoms with Crippen LogP contribution in [0.1, 0.15) is 17.3 Å². The molecule has 0 aliphatic carbocycles. The molecule has 1 aromatic carbocycles. The van der Waals surface area contributed by atoms with Crippen molar-refractivity contribution >= 4 is 23.2 Å². The number of nitro benzene ring substituents is 1. The molecule has 1 saturated heterocycles. The predicted octanol–water partition coefficient (Wildman–Crippen LogP) is 0.609. The standard InChI is InChI=1S/C13H11NO8/c1-7(15)21-10-6-20-13(22-10)12(17)11(16)8-2-4-9(5-3-8)14(18)19/h2-5,10,13H,6H2,1H3. The first-order valence-corrected chi connectivity index (χ1v) is 6.16. The van der Waals surface area contributed by atoms with Gasteiger partial charge in [0.15, 0.2) is 0 Å². The second kappa shape index (κ2) is 6.41. The number of ketones is 2. The molecular formula is C13H11NO8. The maximum absolute atomic E-state index is 12.0. The summed E-state index contributed by atoms with van der Waals surface area (Å²) in [7, 11) is 0. The van der Waals surface area contributed by atoms with E-state index >= 15 is 0 Å². The van der Waals surface area contributed by atoms with Gasteiger partial charge in [0.1, 0.15) is 6.61 Å². The number of carbonyl (C=O) groups excluding carboxylic acids is 3. The summed E-state index contributed by atoms with van der Waals surface area (Å²) in [6.07, 6.45) is -2.51. The van der Waals surface area contributed by atoms with Gasteiger partial charge >= 0.3 is 5.97 Å². The zero-order chi connectivity index (χ0) is 16.3. The third-order valence-corrected chi connectivity index (χ3v) is 2.73. The van der Waals surface area contributed by atoms with Crippen molar-refractivity contribution in [1.29, 1.82) is 0 Å². The van der Waals surface area contributed by atoms with E-state index in [1.807, 2.05) is 0 Å². The van der Waals surface area contributed by atoms with Crippen molar-refractivity contribution in [1.82, 2.24) is 0 Å². The number of benzene rings is 1. The normalized spacial score (nSPS) is 20.4. The lowest BCUT2D eigenvalue weighted by atomic mass is 10.1. The molecule has 22 heavy (non-hydrogen) atoms. The van der Waals surface area contributed by atoms with E-state index in [2.05, 4.69) is 0 Å². The first-order chi connectivity index (χ1) is 10.4. The molecule has 0 N–H and O–H groups in total. The fourth-order valence-corrected chi connectivity index (χ4v) is 1.75. The number of rotatable bonds is 5. The smallest absolute Gasteiger partial charge is 0.305 e. The summed E-state index contributed by atoms with van der Waals surface area (Å²) >= 11 is 0. The van der Waals surface area contributed by atoms with Gasteiger partial charge in [-0.3, -0.25) is 24.5 Å². The highest BCUT2D eigenvalue weighted by atomic mass is 16.8. The van der Waals surface area contributed by atoms with Gasteiger partial charge in [0.2, 0.25) is 18.4 Å². The van der Waals surface area contributed by atoms with Crippen LogP contribution in [0.3, 0.4) is 0 Å². The fourth-order valence-electron chi connectivity index (χ4n) is 1.75. The van der Waals surface area contributed by atoms with Crippen molar-refractivity contribution in [2.45, 2.75) is 19.5 Å². The number of nitrogens with zero attached hydrogens (tertiary/aromatic N) is 1. The molecule has 0 amide bonds. The van der Waals surface area contributed by atoms with E-state index in [1.54, 1.807) is 0 Å². The van der Waals surface area contributed by atoms with Gasteiger partial charge in [-0.25, -0.2) is 0 Å². The molecule has 2 unspecified atom stereocenters. The molecule has 0 aromatic heterocycles. The average molecular weight is 309 g/mol. The Labute approximate surface area is 123 Å². The third kappa shape index (κ3) is 3.51.